The first-order valence-corrected chi connectivity index (χ1v) is 7.98. The van der Waals surface area contributed by atoms with Gasteiger partial charge in [0.2, 0.25) is 0 Å². The molecule has 122 valence electrons. The van der Waals surface area contributed by atoms with E-state index in [4.69, 9.17) is 4.74 Å². The molecule has 2 aromatic rings. The molecule has 4 heteroatoms. The second-order valence-corrected chi connectivity index (χ2v) is 5.75. The lowest BCUT2D eigenvalue weighted by Gasteiger charge is -2.17. The van der Waals surface area contributed by atoms with Crippen LogP contribution in [0, 0.1) is 0 Å². The van der Waals surface area contributed by atoms with Gasteiger partial charge in [-0.2, -0.15) is 0 Å². The van der Waals surface area contributed by atoms with Gasteiger partial charge in [-0.3, -0.25) is 4.79 Å². The predicted molar refractivity (Wildman–Crippen MR) is 91.6 cm³/mol. The smallest absolute Gasteiger partial charge is 0.275 e. The van der Waals surface area contributed by atoms with Crippen LogP contribution < -0.4 is 15.0 Å². The fraction of sp³-hybridized carbons (Fsp3) is 0.316. The highest BCUT2D eigenvalue weighted by Gasteiger charge is 2.13. The molecule has 0 aliphatic carbocycles. The van der Waals surface area contributed by atoms with E-state index in [1.54, 1.807) is 0 Å². The van der Waals surface area contributed by atoms with E-state index >= 15 is 0 Å². The summed E-state index contributed by atoms with van der Waals surface area (Å²) in [6.45, 7) is 3.82. The minimum atomic E-state index is 0.0251. The minimum Gasteiger partial charge on any atom is -0.488 e. The molecule has 2 aromatic carbocycles. The number of hydrogen-bond acceptors (Lipinski definition) is 2. The van der Waals surface area contributed by atoms with Crippen LogP contribution >= 0.6 is 0 Å². The van der Waals surface area contributed by atoms with Crippen LogP contribution in [0.3, 0.4) is 0 Å². The SMILES string of the molecule is C[C@@H](NC(=O)C[NH+](C)CCOc1ccccc1)c1ccccc1. The molecule has 0 radical (unpaired) electrons. The third-order valence-electron chi connectivity index (χ3n) is 3.68. The highest BCUT2D eigenvalue weighted by atomic mass is 16.5. The Kier molecular flexibility index (Phi) is 6.63. The summed E-state index contributed by atoms with van der Waals surface area (Å²) in [5.41, 5.74) is 1.12. The van der Waals surface area contributed by atoms with E-state index in [0.717, 1.165) is 22.8 Å². The van der Waals surface area contributed by atoms with Gasteiger partial charge in [0, 0.05) is 0 Å². The number of hydrogen-bond donors (Lipinski definition) is 2. The average Bonchev–Trinajstić information content (AvgIpc) is 2.56. The topological polar surface area (TPSA) is 42.8 Å². The molecule has 0 heterocycles. The Morgan fingerprint density at radius 2 is 1.70 bits per heavy atom. The Morgan fingerprint density at radius 1 is 1.09 bits per heavy atom. The first kappa shape index (κ1) is 17.0. The summed E-state index contributed by atoms with van der Waals surface area (Å²) in [6, 6.07) is 19.7. The van der Waals surface area contributed by atoms with Crippen LogP contribution in [-0.2, 0) is 4.79 Å². The summed E-state index contributed by atoms with van der Waals surface area (Å²) < 4.78 is 5.66. The van der Waals surface area contributed by atoms with Crippen molar-refractivity contribution in [1.29, 1.82) is 0 Å². The largest absolute Gasteiger partial charge is 0.488 e. The number of ether oxygens (including phenoxy) is 1. The van der Waals surface area contributed by atoms with Crippen LogP contribution in [0.15, 0.2) is 60.7 Å². The van der Waals surface area contributed by atoms with E-state index in [1.165, 1.54) is 0 Å². The minimum absolute atomic E-state index is 0.0251. The maximum atomic E-state index is 12.1. The van der Waals surface area contributed by atoms with E-state index in [0.29, 0.717) is 13.2 Å². The number of quaternary nitrogens is 1. The third kappa shape index (κ3) is 6.12. The van der Waals surface area contributed by atoms with E-state index in [9.17, 15) is 4.79 Å². The zero-order valence-corrected chi connectivity index (χ0v) is 13.8. The molecule has 0 aliphatic rings. The number of benzene rings is 2. The van der Waals surface area contributed by atoms with E-state index in [-0.39, 0.29) is 11.9 Å². The highest BCUT2D eigenvalue weighted by molar-refractivity contribution is 5.77. The second kappa shape index (κ2) is 8.96. The van der Waals surface area contributed by atoms with E-state index in [1.807, 2.05) is 74.6 Å². The lowest BCUT2D eigenvalue weighted by Crippen LogP contribution is -3.10. The molecule has 2 atom stereocenters. The summed E-state index contributed by atoms with van der Waals surface area (Å²) in [6.07, 6.45) is 0. The molecule has 2 rings (SSSR count). The molecule has 1 unspecified atom stereocenters. The van der Waals surface area contributed by atoms with E-state index in [2.05, 4.69) is 5.32 Å². The van der Waals surface area contributed by atoms with Crippen molar-refractivity contribution in [2.24, 2.45) is 0 Å². The fourth-order valence-electron chi connectivity index (χ4n) is 2.34. The second-order valence-electron chi connectivity index (χ2n) is 5.75. The van der Waals surface area contributed by atoms with Gasteiger partial charge in [-0.25, -0.2) is 0 Å². The molecular formula is C19H25N2O2+. The van der Waals surface area contributed by atoms with Crippen LogP contribution in [0.4, 0.5) is 0 Å². The van der Waals surface area contributed by atoms with Gasteiger partial charge in [-0.1, -0.05) is 48.5 Å². The predicted octanol–water partition coefficient (Wildman–Crippen LogP) is 1.46. The van der Waals surface area contributed by atoms with Gasteiger partial charge >= 0.3 is 0 Å². The van der Waals surface area contributed by atoms with Gasteiger partial charge < -0.3 is 15.0 Å². The van der Waals surface area contributed by atoms with Crippen LogP contribution in [0.2, 0.25) is 0 Å². The van der Waals surface area contributed by atoms with Crippen molar-refractivity contribution in [1.82, 2.24) is 5.32 Å². The molecule has 23 heavy (non-hydrogen) atoms. The molecule has 1 amide bonds. The molecule has 2 N–H and O–H groups in total. The number of amides is 1. The van der Waals surface area contributed by atoms with Crippen LogP contribution in [0.25, 0.3) is 0 Å². The normalized spacial score (nSPS) is 13.1. The van der Waals surface area contributed by atoms with Gasteiger partial charge in [0.15, 0.2) is 6.54 Å². The van der Waals surface area contributed by atoms with Crippen molar-refractivity contribution in [3.05, 3.63) is 66.2 Å². The summed E-state index contributed by atoms with van der Waals surface area (Å²) in [5, 5.41) is 3.03. The third-order valence-corrected chi connectivity index (χ3v) is 3.68. The van der Waals surface area contributed by atoms with Gasteiger partial charge in [0.1, 0.15) is 18.9 Å². The van der Waals surface area contributed by atoms with Gasteiger partial charge in [0.05, 0.1) is 13.1 Å². The molecule has 4 nitrogen and oxygen atoms in total. The lowest BCUT2D eigenvalue weighted by molar-refractivity contribution is -0.871. The number of likely N-dealkylation sites (N-methyl/N-ethyl adjacent to an activating group) is 1. The standard InChI is InChI=1S/C19H24N2O2/c1-16(17-9-5-3-6-10-17)20-19(22)15-21(2)13-14-23-18-11-7-4-8-12-18/h3-12,16H,13-15H2,1-2H3,(H,20,22)/p+1/t16-/m1/s1. The molecule has 0 spiro atoms. The maximum absolute atomic E-state index is 12.1. The van der Waals surface area contributed by atoms with Crippen LogP contribution in [0.1, 0.15) is 18.5 Å². The Balaban J connectivity index is 1.68. The monoisotopic (exact) mass is 313 g/mol. The quantitative estimate of drug-likeness (QED) is 0.775. The van der Waals surface area contributed by atoms with Crippen molar-refractivity contribution < 1.29 is 14.4 Å². The molecule has 0 bridgehead atoms. The number of carbonyl (C=O) groups excluding carboxylic acids is 1. The summed E-state index contributed by atoms with van der Waals surface area (Å²) >= 11 is 0. The number of nitrogens with one attached hydrogen (secondary N) is 2. The first-order valence-electron chi connectivity index (χ1n) is 7.98. The molecule has 0 saturated carbocycles. The number of carbonyl (C=O) groups is 1. The Labute approximate surface area is 138 Å². The van der Waals surface area contributed by atoms with Crippen molar-refractivity contribution in [2.75, 3.05) is 26.7 Å². The zero-order valence-electron chi connectivity index (χ0n) is 13.8. The first-order chi connectivity index (χ1) is 11.1. The fourth-order valence-corrected chi connectivity index (χ4v) is 2.34. The Bertz CT molecular complexity index is 587. The lowest BCUT2D eigenvalue weighted by atomic mass is 10.1. The van der Waals surface area contributed by atoms with E-state index < -0.39 is 0 Å². The Hall–Kier alpha value is -2.33. The molecular weight excluding hydrogens is 288 g/mol. The Morgan fingerprint density at radius 3 is 2.35 bits per heavy atom. The van der Waals surface area contributed by atoms with Crippen molar-refractivity contribution in [3.63, 3.8) is 0 Å². The van der Waals surface area contributed by atoms with Gasteiger partial charge in [-0.15, -0.1) is 0 Å². The summed E-state index contributed by atoms with van der Waals surface area (Å²) in [5.74, 6) is 0.918. The van der Waals surface area contributed by atoms with Crippen LogP contribution in [0.5, 0.6) is 5.75 Å². The molecule has 0 saturated heterocycles. The molecule has 0 aliphatic heterocycles. The maximum Gasteiger partial charge on any atom is 0.275 e. The van der Waals surface area contributed by atoms with Gasteiger partial charge in [-0.05, 0) is 24.6 Å². The van der Waals surface area contributed by atoms with Crippen molar-refractivity contribution in [2.45, 2.75) is 13.0 Å². The highest BCUT2D eigenvalue weighted by Crippen LogP contribution is 2.10. The van der Waals surface area contributed by atoms with Crippen LogP contribution in [-0.4, -0.2) is 32.7 Å². The van der Waals surface area contributed by atoms with Crippen molar-refractivity contribution >= 4 is 5.91 Å². The molecule has 0 aromatic heterocycles. The van der Waals surface area contributed by atoms with Gasteiger partial charge in [0.25, 0.3) is 5.91 Å². The molecule has 0 fully saturated rings. The number of para-hydroxylation sites is 1. The number of rotatable bonds is 8. The average molecular weight is 313 g/mol. The zero-order chi connectivity index (χ0) is 16.5. The summed E-state index contributed by atoms with van der Waals surface area (Å²) in [7, 11) is 2.00. The summed E-state index contributed by atoms with van der Waals surface area (Å²) in [4.78, 5) is 13.2. The van der Waals surface area contributed by atoms with Crippen molar-refractivity contribution in [3.8, 4) is 5.75 Å².